The smallest absolute Gasteiger partial charge is 0.291 e. The van der Waals surface area contributed by atoms with Crippen molar-refractivity contribution in [2.75, 3.05) is 0 Å². The van der Waals surface area contributed by atoms with E-state index in [0.29, 0.717) is 12.3 Å². The molecule has 0 aliphatic heterocycles. The molecule has 0 radical (unpaired) electrons. The van der Waals surface area contributed by atoms with Crippen molar-refractivity contribution in [2.45, 2.75) is 27.3 Å². The number of hydrogen-bond donors (Lipinski definition) is 1. The van der Waals surface area contributed by atoms with Gasteiger partial charge in [-0.1, -0.05) is 6.07 Å². The third kappa shape index (κ3) is 2.78. The second-order valence-electron chi connectivity index (χ2n) is 5.18. The highest BCUT2D eigenvalue weighted by Crippen LogP contribution is 2.05. The number of amides is 1. The maximum Gasteiger partial charge on any atom is 0.291 e. The third-order valence-electron chi connectivity index (χ3n) is 3.25. The summed E-state index contributed by atoms with van der Waals surface area (Å²) in [5, 5.41) is 6.98. The molecule has 1 N–H and O–H groups in total. The number of nitrogens with zero attached hydrogens (tertiary/aromatic N) is 5. The zero-order valence-electron chi connectivity index (χ0n) is 12.7. The van der Waals surface area contributed by atoms with Gasteiger partial charge in [-0.2, -0.15) is 4.98 Å². The summed E-state index contributed by atoms with van der Waals surface area (Å²) in [6.45, 7) is 6.08. The summed E-state index contributed by atoms with van der Waals surface area (Å²) in [4.78, 5) is 24.8. The van der Waals surface area contributed by atoms with Gasteiger partial charge in [-0.3, -0.25) is 9.78 Å². The van der Waals surface area contributed by atoms with Crippen molar-refractivity contribution in [1.29, 1.82) is 0 Å². The number of aryl methyl sites for hydroxylation is 3. The zero-order valence-corrected chi connectivity index (χ0v) is 12.7. The first kappa shape index (κ1) is 14.1. The van der Waals surface area contributed by atoms with Gasteiger partial charge in [0.2, 0.25) is 5.82 Å². The molecule has 0 atom stereocenters. The number of hydrogen-bond acceptors (Lipinski definition) is 5. The van der Waals surface area contributed by atoms with Crippen LogP contribution >= 0.6 is 0 Å². The molecule has 3 rings (SSSR count). The Kier molecular flexibility index (Phi) is 3.54. The highest BCUT2D eigenvalue weighted by molar-refractivity contribution is 5.90. The predicted octanol–water partition coefficient (Wildman–Crippen LogP) is 1.37. The molecule has 0 bridgehead atoms. The Hall–Kier alpha value is -2.83. The standard InChI is InChI=1S/C15H16N6O/c1-9-4-5-12(7-16-9)8-17-14(22)13-19-15-18-10(2)6-11(3)21(15)20-13/h4-7H,8H2,1-3H3,(H,17,22). The average Bonchev–Trinajstić information content (AvgIpc) is 2.90. The quantitative estimate of drug-likeness (QED) is 0.789. The number of carbonyl (C=O) groups excluding carboxylic acids is 1. The summed E-state index contributed by atoms with van der Waals surface area (Å²) in [7, 11) is 0. The van der Waals surface area contributed by atoms with Crippen LogP contribution in [-0.4, -0.2) is 30.5 Å². The summed E-state index contributed by atoms with van der Waals surface area (Å²) in [5.74, 6) is 0.212. The summed E-state index contributed by atoms with van der Waals surface area (Å²) in [5.41, 5.74) is 3.59. The van der Waals surface area contributed by atoms with E-state index in [1.807, 2.05) is 39.0 Å². The molecular formula is C15H16N6O. The number of aromatic nitrogens is 5. The van der Waals surface area contributed by atoms with Crippen molar-refractivity contribution in [2.24, 2.45) is 0 Å². The predicted molar refractivity (Wildman–Crippen MR) is 80.4 cm³/mol. The molecule has 7 heteroatoms. The number of carbonyl (C=O) groups is 1. The van der Waals surface area contributed by atoms with Gasteiger partial charge in [0.05, 0.1) is 0 Å². The Balaban J connectivity index is 1.77. The van der Waals surface area contributed by atoms with Crippen molar-refractivity contribution in [1.82, 2.24) is 29.9 Å². The SMILES string of the molecule is Cc1ccc(CNC(=O)c2nc3nc(C)cc(C)n3n2)cn1. The van der Waals surface area contributed by atoms with Crippen LogP contribution in [0, 0.1) is 20.8 Å². The van der Waals surface area contributed by atoms with Crippen molar-refractivity contribution in [3.05, 3.63) is 52.9 Å². The van der Waals surface area contributed by atoms with Gasteiger partial charge >= 0.3 is 0 Å². The van der Waals surface area contributed by atoms with Crippen molar-refractivity contribution >= 4 is 11.7 Å². The zero-order chi connectivity index (χ0) is 15.7. The molecule has 22 heavy (non-hydrogen) atoms. The van der Waals surface area contributed by atoms with Gasteiger partial charge in [-0.25, -0.2) is 9.50 Å². The maximum atomic E-state index is 12.2. The van der Waals surface area contributed by atoms with E-state index >= 15 is 0 Å². The molecular weight excluding hydrogens is 280 g/mol. The molecule has 0 aliphatic carbocycles. The lowest BCUT2D eigenvalue weighted by Gasteiger charge is -2.02. The Bertz CT molecular complexity index is 837. The lowest BCUT2D eigenvalue weighted by atomic mass is 10.2. The number of pyridine rings is 1. The minimum Gasteiger partial charge on any atom is -0.345 e. The third-order valence-corrected chi connectivity index (χ3v) is 3.25. The molecule has 112 valence electrons. The van der Waals surface area contributed by atoms with Gasteiger partial charge < -0.3 is 5.32 Å². The van der Waals surface area contributed by atoms with Gasteiger partial charge in [-0.05, 0) is 38.5 Å². The molecule has 0 unspecified atom stereocenters. The summed E-state index contributed by atoms with van der Waals surface area (Å²) >= 11 is 0. The van der Waals surface area contributed by atoms with E-state index in [-0.39, 0.29) is 11.7 Å². The minimum atomic E-state index is -0.330. The molecule has 0 spiro atoms. The average molecular weight is 296 g/mol. The molecule has 7 nitrogen and oxygen atoms in total. The number of nitrogens with one attached hydrogen (secondary N) is 1. The van der Waals surface area contributed by atoms with E-state index in [1.165, 1.54) is 0 Å². The topological polar surface area (TPSA) is 85.1 Å². The Morgan fingerprint density at radius 2 is 2.00 bits per heavy atom. The van der Waals surface area contributed by atoms with Crippen LogP contribution in [0.15, 0.2) is 24.4 Å². The first-order valence-electron chi connectivity index (χ1n) is 6.93. The van der Waals surface area contributed by atoms with Gasteiger partial charge in [0.25, 0.3) is 11.7 Å². The maximum absolute atomic E-state index is 12.2. The molecule has 3 aromatic rings. The fourth-order valence-corrected chi connectivity index (χ4v) is 2.13. The van der Waals surface area contributed by atoms with Crippen LogP contribution in [-0.2, 0) is 6.54 Å². The second-order valence-corrected chi connectivity index (χ2v) is 5.18. The fourth-order valence-electron chi connectivity index (χ4n) is 2.13. The van der Waals surface area contributed by atoms with Crippen LogP contribution in [0.5, 0.6) is 0 Å². The molecule has 3 heterocycles. The van der Waals surface area contributed by atoms with E-state index in [4.69, 9.17) is 0 Å². The highest BCUT2D eigenvalue weighted by Gasteiger charge is 2.14. The molecule has 1 amide bonds. The van der Waals surface area contributed by atoms with Crippen LogP contribution in [0.3, 0.4) is 0 Å². The lowest BCUT2D eigenvalue weighted by molar-refractivity contribution is 0.0940. The minimum absolute atomic E-state index is 0.112. The van der Waals surface area contributed by atoms with E-state index < -0.39 is 0 Å². The van der Waals surface area contributed by atoms with Gasteiger partial charge in [0.1, 0.15) is 0 Å². The van der Waals surface area contributed by atoms with Crippen molar-refractivity contribution < 1.29 is 4.79 Å². The molecule has 0 fully saturated rings. The first-order chi connectivity index (χ1) is 10.5. The highest BCUT2D eigenvalue weighted by atomic mass is 16.2. The van der Waals surface area contributed by atoms with Crippen molar-refractivity contribution in [3.8, 4) is 0 Å². The molecule has 0 saturated carbocycles. The fraction of sp³-hybridized carbons (Fsp3) is 0.267. The molecule has 0 aliphatic rings. The first-order valence-corrected chi connectivity index (χ1v) is 6.93. The van der Waals surface area contributed by atoms with E-state index in [9.17, 15) is 4.79 Å². The molecule has 0 saturated heterocycles. The van der Waals surface area contributed by atoms with Gasteiger partial charge in [0.15, 0.2) is 0 Å². The Labute approximate surface area is 127 Å². The van der Waals surface area contributed by atoms with Crippen LogP contribution in [0.4, 0.5) is 0 Å². The Morgan fingerprint density at radius 3 is 2.73 bits per heavy atom. The summed E-state index contributed by atoms with van der Waals surface area (Å²) in [6, 6.07) is 5.72. The van der Waals surface area contributed by atoms with Crippen LogP contribution in [0.1, 0.15) is 33.3 Å². The van der Waals surface area contributed by atoms with Crippen LogP contribution in [0.2, 0.25) is 0 Å². The summed E-state index contributed by atoms with van der Waals surface area (Å²) < 4.78 is 1.56. The van der Waals surface area contributed by atoms with Gasteiger partial charge in [0, 0.05) is 29.8 Å². The van der Waals surface area contributed by atoms with E-state index in [1.54, 1.807) is 10.7 Å². The Morgan fingerprint density at radius 1 is 1.18 bits per heavy atom. The largest absolute Gasteiger partial charge is 0.345 e. The van der Waals surface area contributed by atoms with Crippen LogP contribution in [0.25, 0.3) is 5.78 Å². The number of fused-ring (bicyclic) bond motifs is 1. The normalized spacial score (nSPS) is 10.9. The van der Waals surface area contributed by atoms with E-state index in [0.717, 1.165) is 22.6 Å². The second kappa shape index (κ2) is 5.51. The molecule has 3 aromatic heterocycles. The molecule has 0 aromatic carbocycles. The lowest BCUT2D eigenvalue weighted by Crippen LogP contribution is -2.24. The van der Waals surface area contributed by atoms with E-state index in [2.05, 4.69) is 25.4 Å². The number of rotatable bonds is 3. The van der Waals surface area contributed by atoms with Crippen LogP contribution < -0.4 is 5.32 Å². The monoisotopic (exact) mass is 296 g/mol. The van der Waals surface area contributed by atoms with Gasteiger partial charge in [-0.15, -0.1) is 5.10 Å². The summed E-state index contributed by atoms with van der Waals surface area (Å²) in [6.07, 6.45) is 1.74. The van der Waals surface area contributed by atoms with Crippen molar-refractivity contribution in [3.63, 3.8) is 0 Å².